The first kappa shape index (κ1) is 20.9. The van der Waals surface area contributed by atoms with Crippen molar-refractivity contribution in [3.63, 3.8) is 0 Å². The average molecular weight is 402 g/mol. The van der Waals surface area contributed by atoms with Crippen molar-refractivity contribution in [1.29, 1.82) is 0 Å². The van der Waals surface area contributed by atoms with Gasteiger partial charge in [-0.2, -0.15) is 0 Å². The molecule has 156 valence electrons. The monoisotopic (exact) mass is 402 g/mol. The largest absolute Gasteiger partial charge is 0.502 e. The molecular formula is C22H26O7. The highest BCUT2D eigenvalue weighted by atomic mass is 16.5. The molecule has 1 saturated carbocycles. The van der Waals surface area contributed by atoms with E-state index in [2.05, 4.69) is 0 Å². The van der Waals surface area contributed by atoms with Gasteiger partial charge in [0.15, 0.2) is 5.76 Å². The maximum atomic E-state index is 12.2. The molecule has 7 nitrogen and oxygen atoms in total. The van der Waals surface area contributed by atoms with Gasteiger partial charge in [0.25, 0.3) is 0 Å². The molecular weight excluding hydrogens is 376 g/mol. The molecule has 1 aromatic heterocycles. The maximum Gasteiger partial charge on any atom is 0.306 e. The summed E-state index contributed by atoms with van der Waals surface area (Å²) in [6, 6.07) is 8.19. The van der Waals surface area contributed by atoms with Crippen LogP contribution in [-0.4, -0.2) is 28.9 Å². The van der Waals surface area contributed by atoms with Crippen molar-refractivity contribution >= 4 is 5.97 Å². The molecule has 1 aromatic carbocycles. The first-order valence-corrected chi connectivity index (χ1v) is 9.90. The number of hydrogen-bond donors (Lipinski definition) is 2. The molecule has 1 atom stereocenters. The van der Waals surface area contributed by atoms with Gasteiger partial charge in [0.1, 0.15) is 18.1 Å². The Morgan fingerprint density at radius 2 is 1.93 bits per heavy atom. The van der Waals surface area contributed by atoms with E-state index in [0.717, 1.165) is 24.7 Å². The highest BCUT2D eigenvalue weighted by Gasteiger charge is 2.27. The quantitative estimate of drug-likeness (QED) is 0.653. The van der Waals surface area contributed by atoms with Crippen molar-refractivity contribution in [2.45, 2.75) is 57.7 Å². The van der Waals surface area contributed by atoms with Crippen LogP contribution in [0.15, 0.2) is 39.5 Å². The summed E-state index contributed by atoms with van der Waals surface area (Å²) in [6.07, 6.45) is 4.52. The van der Waals surface area contributed by atoms with Crippen LogP contribution in [0.5, 0.6) is 11.5 Å². The molecule has 1 aliphatic rings. The van der Waals surface area contributed by atoms with E-state index >= 15 is 0 Å². The van der Waals surface area contributed by atoms with E-state index < -0.39 is 29.7 Å². The van der Waals surface area contributed by atoms with Crippen molar-refractivity contribution in [2.24, 2.45) is 0 Å². The molecule has 7 heteroatoms. The summed E-state index contributed by atoms with van der Waals surface area (Å²) in [6.45, 7) is 1.42. The third kappa shape index (κ3) is 5.17. The molecule has 0 radical (unpaired) electrons. The first-order chi connectivity index (χ1) is 14.0. The summed E-state index contributed by atoms with van der Waals surface area (Å²) in [4.78, 5) is 24.2. The normalized spacial score (nSPS) is 15.2. The van der Waals surface area contributed by atoms with Gasteiger partial charge in [0.05, 0.1) is 25.0 Å². The lowest BCUT2D eigenvalue weighted by molar-refractivity contribution is -0.143. The lowest BCUT2D eigenvalue weighted by Gasteiger charge is -2.19. The minimum absolute atomic E-state index is 0.0119. The molecule has 0 saturated heterocycles. The molecule has 0 aliphatic heterocycles. The van der Waals surface area contributed by atoms with E-state index in [9.17, 15) is 19.8 Å². The molecule has 0 unspecified atom stereocenters. The van der Waals surface area contributed by atoms with Gasteiger partial charge in [-0.1, -0.05) is 12.1 Å². The predicted molar refractivity (Wildman–Crippen MR) is 105 cm³/mol. The van der Waals surface area contributed by atoms with Crippen molar-refractivity contribution in [3.05, 3.63) is 57.6 Å². The average Bonchev–Trinajstić information content (AvgIpc) is 3.22. The van der Waals surface area contributed by atoms with E-state index in [1.807, 2.05) is 0 Å². The van der Waals surface area contributed by atoms with Crippen molar-refractivity contribution in [3.8, 4) is 11.5 Å². The lowest BCUT2D eigenvalue weighted by atomic mass is 9.92. The Bertz CT molecular complexity index is 879. The van der Waals surface area contributed by atoms with Gasteiger partial charge < -0.3 is 24.1 Å². The summed E-state index contributed by atoms with van der Waals surface area (Å²) < 4.78 is 16.5. The number of rotatable bonds is 8. The number of carbonyl (C=O) groups is 1. The Hall–Kier alpha value is -2.80. The van der Waals surface area contributed by atoms with Crippen molar-refractivity contribution in [2.75, 3.05) is 6.61 Å². The molecule has 3 rings (SSSR count). The van der Waals surface area contributed by atoms with Crippen molar-refractivity contribution < 1.29 is 28.9 Å². The number of carbonyl (C=O) groups excluding carboxylic acids is 1. The third-order valence-corrected chi connectivity index (χ3v) is 5.04. The topological polar surface area (TPSA) is 106 Å². The van der Waals surface area contributed by atoms with Crippen LogP contribution in [0.3, 0.4) is 0 Å². The fourth-order valence-corrected chi connectivity index (χ4v) is 3.59. The van der Waals surface area contributed by atoms with Gasteiger partial charge in [-0.3, -0.25) is 9.59 Å². The number of hydrogen-bond acceptors (Lipinski definition) is 7. The van der Waals surface area contributed by atoms with Gasteiger partial charge in [-0.05, 0) is 50.3 Å². The third-order valence-electron chi connectivity index (χ3n) is 5.04. The maximum absolute atomic E-state index is 12.2. The summed E-state index contributed by atoms with van der Waals surface area (Å²) in [5.74, 6) is -1.14. The molecule has 29 heavy (non-hydrogen) atoms. The van der Waals surface area contributed by atoms with Gasteiger partial charge in [0.2, 0.25) is 11.2 Å². The van der Waals surface area contributed by atoms with Gasteiger partial charge in [-0.25, -0.2) is 0 Å². The van der Waals surface area contributed by atoms with Crippen LogP contribution >= 0.6 is 0 Å². The number of aliphatic hydroxyl groups excluding tert-OH is 1. The van der Waals surface area contributed by atoms with Crippen LogP contribution in [0.4, 0.5) is 0 Å². The fourth-order valence-electron chi connectivity index (χ4n) is 3.59. The second-order valence-corrected chi connectivity index (χ2v) is 7.10. The Balaban J connectivity index is 1.92. The van der Waals surface area contributed by atoms with Crippen LogP contribution in [0.1, 0.15) is 62.0 Å². The molecule has 2 N–H and O–H groups in total. The smallest absolute Gasteiger partial charge is 0.306 e. The fraction of sp³-hybridized carbons (Fsp3) is 0.455. The van der Waals surface area contributed by atoms with Crippen LogP contribution in [-0.2, 0) is 16.1 Å². The van der Waals surface area contributed by atoms with E-state index in [1.54, 1.807) is 31.2 Å². The molecule has 0 spiro atoms. The Labute approximate surface area is 168 Å². The number of benzene rings is 1. The summed E-state index contributed by atoms with van der Waals surface area (Å²) >= 11 is 0. The van der Waals surface area contributed by atoms with E-state index in [1.165, 1.54) is 12.8 Å². The summed E-state index contributed by atoms with van der Waals surface area (Å²) in [5, 5.41) is 19.6. The van der Waals surface area contributed by atoms with E-state index in [-0.39, 0.29) is 30.7 Å². The Morgan fingerprint density at radius 3 is 2.55 bits per heavy atom. The number of esters is 1. The van der Waals surface area contributed by atoms with Crippen LogP contribution in [0, 0.1) is 0 Å². The van der Waals surface area contributed by atoms with Gasteiger partial charge in [-0.15, -0.1) is 0 Å². The molecule has 2 aromatic rings. The summed E-state index contributed by atoms with van der Waals surface area (Å²) in [7, 11) is 0. The Morgan fingerprint density at radius 1 is 1.24 bits per heavy atom. The lowest BCUT2D eigenvalue weighted by Crippen LogP contribution is -2.15. The van der Waals surface area contributed by atoms with Gasteiger partial charge >= 0.3 is 5.97 Å². The van der Waals surface area contributed by atoms with Crippen molar-refractivity contribution in [1.82, 2.24) is 0 Å². The molecule has 1 fully saturated rings. The molecule has 0 amide bonds. The zero-order chi connectivity index (χ0) is 20.8. The zero-order valence-electron chi connectivity index (χ0n) is 16.4. The molecule has 0 bridgehead atoms. The number of ether oxygens (including phenoxy) is 2. The minimum atomic E-state index is -0.742. The van der Waals surface area contributed by atoms with E-state index in [0.29, 0.717) is 5.56 Å². The Kier molecular flexibility index (Phi) is 6.93. The van der Waals surface area contributed by atoms with E-state index in [4.69, 9.17) is 13.9 Å². The first-order valence-electron chi connectivity index (χ1n) is 9.90. The minimum Gasteiger partial charge on any atom is -0.502 e. The van der Waals surface area contributed by atoms with Crippen LogP contribution < -0.4 is 10.2 Å². The van der Waals surface area contributed by atoms with Crippen LogP contribution in [0.2, 0.25) is 0 Å². The molecule has 1 aliphatic carbocycles. The standard InChI is InChI=1S/C22H26O7/c1-2-27-20(25)12-18(22-21(26)19(24)11-17(13-23)29-22)14-7-9-16(10-8-14)28-15-5-3-4-6-15/h7-11,15,18,23,26H,2-6,12-13H2,1H3/t18-/m1/s1. The zero-order valence-corrected chi connectivity index (χ0v) is 16.4. The highest BCUT2D eigenvalue weighted by molar-refractivity contribution is 5.71. The van der Waals surface area contributed by atoms with Gasteiger partial charge in [0, 0.05) is 6.07 Å². The second kappa shape index (κ2) is 9.60. The second-order valence-electron chi connectivity index (χ2n) is 7.10. The molecule has 1 heterocycles. The number of aliphatic hydroxyl groups is 1. The highest BCUT2D eigenvalue weighted by Crippen LogP contribution is 2.34. The predicted octanol–water partition coefficient (Wildman–Crippen LogP) is 3.24. The SMILES string of the molecule is CCOC(=O)C[C@H](c1ccc(OC2CCCC2)cc1)c1oc(CO)cc(=O)c1O. The number of aromatic hydroxyl groups is 1. The summed E-state index contributed by atoms with van der Waals surface area (Å²) in [5.41, 5.74) is -0.0179. The van der Waals surface area contributed by atoms with Crippen LogP contribution in [0.25, 0.3) is 0 Å².